The molecule has 0 saturated carbocycles. The fourth-order valence-electron chi connectivity index (χ4n) is 2.62. The van der Waals surface area contributed by atoms with Crippen LogP contribution in [0.4, 0.5) is 5.69 Å². The van der Waals surface area contributed by atoms with E-state index in [9.17, 15) is 24.0 Å². The Bertz CT molecular complexity index is 835. The lowest BCUT2D eigenvalue weighted by Crippen LogP contribution is -2.33. The highest BCUT2D eigenvalue weighted by molar-refractivity contribution is 6.01. The molecule has 0 radical (unpaired) electrons. The smallest absolute Gasteiger partial charge is 0.305 e. The van der Waals surface area contributed by atoms with Gasteiger partial charge in [0.05, 0.1) is 13.0 Å². The molecule has 0 atom stereocenters. The van der Waals surface area contributed by atoms with Crippen molar-refractivity contribution < 1.29 is 29.1 Å². The van der Waals surface area contributed by atoms with Crippen molar-refractivity contribution in [2.75, 3.05) is 32.0 Å². The van der Waals surface area contributed by atoms with Gasteiger partial charge in [-0.25, -0.2) is 0 Å². The summed E-state index contributed by atoms with van der Waals surface area (Å²) in [7, 11) is 1.60. The van der Waals surface area contributed by atoms with E-state index in [2.05, 4.69) is 10.6 Å². The van der Waals surface area contributed by atoms with Gasteiger partial charge in [-0.15, -0.1) is 0 Å². The first-order valence-electron chi connectivity index (χ1n) is 10.2. The molecule has 31 heavy (non-hydrogen) atoms. The van der Waals surface area contributed by atoms with Crippen LogP contribution in [0.5, 0.6) is 0 Å². The SMILES string of the molecule is CC(=O)c1cc(NCCCC(=O)N(C)CC(=O)C(C)C)cc(C(=O)NCCC(=O)O)c1. The quantitative estimate of drug-likeness (QED) is 0.320. The summed E-state index contributed by atoms with van der Waals surface area (Å²) in [5.41, 5.74) is 1.13. The van der Waals surface area contributed by atoms with Crippen LogP contribution < -0.4 is 10.6 Å². The van der Waals surface area contributed by atoms with Crippen LogP contribution in [0.2, 0.25) is 0 Å². The van der Waals surface area contributed by atoms with Crippen LogP contribution in [0.25, 0.3) is 0 Å². The van der Waals surface area contributed by atoms with Gasteiger partial charge in [-0.2, -0.15) is 0 Å². The summed E-state index contributed by atoms with van der Waals surface area (Å²) in [4.78, 5) is 60.0. The molecule has 2 amide bonds. The zero-order chi connectivity index (χ0) is 23.6. The number of carbonyl (C=O) groups excluding carboxylic acids is 4. The number of likely N-dealkylation sites (N-methyl/N-ethyl adjacent to an activating group) is 1. The molecule has 0 fully saturated rings. The second-order valence-electron chi connectivity index (χ2n) is 7.66. The lowest BCUT2D eigenvalue weighted by Gasteiger charge is -2.17. The third kappa shape index (κ3) is 9.41. The summed E-state index contributed by atoms with van der Waals surface area (Å²) in [5.74, 6) is -1.96. The van der Waals surface area contributed by atoms with E-state index in [4.69, 9.17) is 5.11 Å². The van der Waals surface area contributed by atoms with E-state index in [0.29, 0.717) is 24.2 Å². The molecule has 170 valence electrons. The van der Waals surface area contributed by atoms with Gasteiger partial charge in [0.25, 0.3) is 5.91 Å². The second-order valence-corrected chi connectivity index (χ2v) is 7.66. The summed E-state index contributed by atoms with van der Waals surface area (Å²) in [6.07, 6.45) is 0.557. The number of nitrogens with one attached hydrogen (secondary N) is 2. The zero-order valence-electron chi connectivity index (χ0n) is 18.5. The van der Waals surface area contributed by atoms with Crippen molar-refractivity contribution >= 4 is 35.0 Å². The lowest BCUT2D eigenvalue weighted by atomic mass is 10.1. The molecule has 0 aromatic heterocycles. The number of hydrogen-bond donors (Lipinski definition) is 3. The van der Waals surface area contributed by atoms with Gasteiger partial charge in [-0.3, -0.25) is 24.0 Å². The molecule has 1 aromatic carbocycles. The lowest BCUT2D eigenvalue weighted by molar-refractivity contribution is -0.136. The average molecular weight is 434 g/mol. The minimum absolute atomic E-state index is 0.00387. The molecule has 9 heteroatoms. The van der Waals surface area contributed by atoms with E-state index < -0.39 is 11.9 Å². The Balaban J connectivity index is 2.65. The number of nitrogens with zero attached hydrogens (tertiary/aromatic N) is 1. The van der Waals surface area contributed by atoms with Crippen molar-refractivity contribution in [1.29, 1.82) is 0 Å². The highest BCUT2D eigenvalue weighted by atomic mass is 16.4. The maximum Gasteiger partial charge on any atom is 0.305 e. The van der Waals surface area contributed by atoms with Crippen LogP contribution in [-0.2, 0) is 14.4 Å². The summed E-state index contributed by atoms with van der Waals surface area (Å²) in [5, 5.41) is 14.3. The Morgan fingerprint density at radius 3 is 2.23 bits per heavy atom. The zero-order valence-corrected chi connectivity index (χ0v) is 18.5. The Hall–Kier alpha value is -3.23. The summed E-state index contributed by atoms with van der Waals surface area (Å²) in [6.45, 7) is 5.47. The van der Waals surface area contributed by atoms with Crippen molar-refractivity contribution in [1.82, 2.24) is 10.2 Å². The van der Waals surface area contributed by atoms with Gasteiger partial charge in [-0.05, 0) is 31.5 Å². The first kappa shape index (κ1) is 25.8. The van der Waals surface area contributed by atoms with Crippen LogP contribution >= 0.6 is 0 Å². The van der Waals surface area contributed by atoms with Gasteiger partial charge in [0.15, 0.2) is 11.6 Å². The molecule has 0 aliphatic carbocycles. The molecule has 1 rings (SSSR count). The molecule has 0 aliphatic heterocycles. The van der Waals surface area contributed by atoms with Gasteiger partial charge in [0.1, 0.15) is 0 Å². The minimum atomic E-state index is -1.02. The number of rotatable bonds is 13. The molecule has 0 saturated heterocycles. The van der Waals surface area contributed by atoms with Crippen LogP contribution in [0, 0.1) is 5.92 Å². The predicted octanol–water partition coefficient (Wildman–Crippen LogP) is 1.97. The van der Waals surface area contributed by atoms with Crippen molar-refractivity contribution in [3.8, 4) is 0 Å². The highest BCUT2D eigenvalue weighted by Crippen LogP contribution is 2.16. The number of ketones is 2. The maximum absolute atomic E-state index is 12.3. The summed E-state index contributed by atoms with van der Waals surface area (Å²) < 4.78 is 0. The average Bonchev–Trinajstić information content (AvgIpc) is 2.70. The van der Waals surface area contributed by atoms with E-state index in [-0.39, 0.29) is 54.9 Å². The van der Waals surface area contributed by atoms with Crippen molar-refractivity contribution in [2.45, 2.75) is 40.0 Å². The largest absolute Gasteiger partial charge is 0.481 e. The number of aliphatic carboxylic acids is 1. The number of benzene rings is 1. The standard InChI is InChI=1S/C22H31N3O6/c1-14(2)19(27)13-25(4)20(28)6-5-8-23-18-11-16(15(3)26)10-17(12-18)22(31)24-9-7-21(29)30/h10-12,14,23H,5-9,13H2,1-4H3,(H,24,31)(H,29,30). The molecule has 0 spiro atoms. The fraction of sp³-hybridized carbons (Fsp3) is 0.500. The first-order valence-corrected chi connectivity index (χ1v) is 10.2. The van der Waals surface area contributed by atoms with Gasteiger partial charge in [0, 0.05) is 49.3 Å². The van der Waals surface area contributed by atoms with Crippen LogP contribution in [0.3, 0.4) is 0 Å². The van der Waals surface area contributed by atoms with E-state index in [1.54, 1.807) is 33.0 Å². The third-order valence-electron chi connectivity index (χ3n) is 4.59. The van der Waals surface area contributed by atoms with Gasteiger partial charge >= 0.3 is 5.97 Å². The molecule has 9 nitrogen and oxygen atoms in total. The molecule has 0 unspecified atom stereocenters. The van der Waals surface area contributed by atoms with Gasteiger partial charge in [-0.1, -0.05) is 13.8 Å². The Morgan fingerprint density at radius 1 is 1.00 bits per heavy atom. The molecule has 0 bridgehead atoms. The number of carboxylic acid groups (broad SMARTS) is 1. The number of carboxylic acids is 1. The maximum atomic E-state index is 12.3. The molecular weight excluding hydrogens is 402 g/mol. The molecule has 0 aliphatic rings. The van der Waals surface area contributed by atoms with E-state index in [1.807, 2.05) is 0 Å². The molecule has 3 N–H and O–H groups in total. The second kappa shape index (κ2) is 12.5. The number of anilines is 1. The Morgan fingerprint density at radius 2 is 1.65 bits per heavy atom. The van der Waals surface area contributed by atoms with E-state index >= 15 is 0 Å². The topological polar surface area (TPSA) is 133 Å². The van der Waals surface area contributed by atoms with Crippen LogP contribution in [-0.4, -0.2) is 66.0 Å². The van der Waals surface area contributed by atoms with Crippen molar-refractivity contribution in [2.24, 2.45) is 5.92 Å². The number of hydrogen-bond acceptors (Lipinski definition) is 6. The van der Waals surface area contributed by atoms with Crippen LogP contribution in [0.15, 0.2) is 18.2 Å². The molecular formula is C22H31N3O6. The summed E-state index contributed by atoms with van der Waals surface area (Å²) in [6, 6.07) is 4.64. The minimum Gasteiger partial charge on any atom is -0.481 e. The number of carbonyl (C=O) groups is 5. The van der Waals surface area contributed by atoms with E-state index in [0.717, 1.165) is 0 Å². The van der Waals surface area contributed by atoms with Crippen LogP contribution in [0.1, 0.15) is 60.7 Å². The molecule has 1 aromatic rings. The third-order valence-corrected chi connectivity index (χ3v) is 4.59. The van der Waals surface area contributed by atoms with Gasteiger partial charge < -0.3 is 20.6 Å². The Kier molecular flexibility index (Phi) is 10.4. The first-order chi connectivity index (χ1) is 14.5. The van der Waals surface area contributed by atoms with Crippen molar-refractivity contribution in [3.05, 3.63) is 29.3 Å². The number of Topliss-reactive ketones (excluding diaryl/α,β-unsaturated/α-hetero) is 2. The monoisotopic (exact) mass is 433 g/mol. The fourth-order valence-corrected chi connectivity index (χ4v) is 2.62. The van der Waals surface area contributed by atoms with Crippen molar-refractivity contribution in [3.63, 3.8) is 0 Å². The highest BCUT2D eigenvalue weighted by Gasteiger charge is 2.15. The normalized spacial score (nSPS) is 10.5. The van der Waals surface area contributed by atoms with E-state index in [1.165, 1.54) is 17.9 Å². The van der Waals surface area contributed by atoms with Gasteiger partial charge in [0.2, 0.25) is 5.91 Å². The summed E-state index contributed by atoms with van der Waals surface area (Å²) >= 11 is 0. The molecule has 0 heterocycles. The number of amides is 2. The predicted molar refractivity (Wildman–Crippen MR) is 116 cm³/mol. The Labute approximate surface area is 182 Å².